The summed E-state index contributed by atoms with van der Waals surface area (Å²) in [4.78, 5) is 3.84. The summed E-state index contributed by atoms with van der Waals surface area (Å²) in [5.41, 5.74) is 7.37. The molecule has 0 saturated carbocycles. The first-order valence-electron chi connectivity index (χ1n) is 3.17. The largest absolute Gasteiger partial charge is 0.397 e. The zero-order valence-corrected chi connectivity index (χ0v) is 6.89. The van der Waals surface area contributed by atoms with Crippen molar-refractivity contribution in [3.05, 3.63) is 22.5 Å². The SMILES string of the molecule is Cc1cc(Cl)nc(CO)c1N. The normalized spacial score (nSPS) is 10.1. The molecular weight excluding hydrogens is 164 g/mol. The van der Waals surface area contributed by atoms with Gasteiger partial charge in [0.2, 0.25) is 0 Å². The van der Waals surface area contributed by atoms with Gasteiger partial charge in [-0.2, -0.15) is 0 Å². The molecule has 0 saturated heterocycles. The Hall–Kier alpha value is -0.800. The fourth-order valence-electron chi connectivity index (χ4n) is 0.826. The summed E-state index contributed by atoms with van der Waals surface area (Å²) in [6, 6.07) is 1.66. The van der Waals surface area contributed by atoms with Crippen LogP contribution >= 0.6 is 11.6 Å². The minimum atomic E-state index is -0.173. The molecule has 0 unspecified atom stereocenters. The molecule has 0 aliphatic carbocycles. The van der Waals surface area contributed by atoms with Crippen molar-refractivity contribution in [3.8, 4) is 0 Å². The molecule has 3 nitrogen and oxygen atoms in total. The molecule has 0 spiro atoms. The van der Waals surface area contributed by atoms with E-state index in [-0.39, 0.29) is 6.61 Å². The van der Waals surface area contributed by atoms with E-state index in [1.54, 1.807) is 6.07 Å². The number of nitrogen functional groups attached to an aromatic ring is 1. The molecule has 0 radical (unpaired) electrons. The Balaban J connectivity index is 3.24. The molecule has 0 atom stereocenters. The van der Waals surface area contributed by atoms with Crippen molar-refractivity contribution < 1.29 is 5.11 Å². The second-order valence-corrected chi connectivity index (χ2v) is 2.67. The summed E-state index contributed by atoms with van der Waals surface area (Å²) < 4.78 is 0. The topological polar surface area (TPSA) is 59.1 Å². The van der Waals surface area contributed by atoms with Crippen LogP contribution in [0.5, 0.6) is 0 Å². The number of halogens is 1. The first-order valence-corrected chi connectivity index (χ1v) is 3.55. The summed E-state index contributed by atoms with van der Waals surface area (Å²) in [6.07, 6.45) is 0. The number of hydrogen-bond donors (Lipinski definition) is 2. The molecule has 1 heterocycles. The molecule has 60 valence electrons. The van der Waals surface area contributed by atoms with Crippen LogP contribution in [0.25, 0.3) is 0 Å². The molecule has 1 rings (SSSR count). The Bertz CT molecular complexity index is 275. The molecular formula is C7H9ClN2O. The van der Waals surface area contributed by atoms with Crippen LogP contribution < -0.4 is 5.73 Å². The molecule has 1 aromatic rings. The molecule has 3 N–H and O–H groups in total. The van der Waals surface area contributed by atoms with Gasteiger partial charge in [-0.1, -0.05) is 11.6 Å². The number of nitrogens with two attached hydrogens (primary N) is 1. The molecule has 4 heteroatoms. The van der Waals surface area contributed by atoms with Crippen molar-refractivity contribution in [2.75, 3.05) is 5.73 Å². The van der Waals surface area contributed by atoms with E-state index in [4.69, 9.17) is 22.4 Å². The predicted molar refractivity (Wildman–Crippen MR) is 44.3 cm³/mol. The highest BCUT2D eigenvalue weighted by molar-refractivity contribution is 6.29. The second-order valence-electron chi connectivity index (χ2n) is 2.28. The lowest BCUT2D eigenvalue weighted by Crippen LogP contribution is -2.00. The van der Waals surface area contributed by atoms with E-state index in [2.05, 4.69) is 4.98 Å². The van der Waals surface area contributed by atoms with E-state index < -0.39 is 0 Å². The third kappa shape index (κ3) is 1.61. The monoisotopic (exact) mass is 172 g/mol. The van der Waals surface area contributed by atoms with Crippen LogP contribution in [0.2, 0.25) is 5.15 Å². The summed E-state index contributed by atoms with van der Waals surface area (Å²) in [6.45, 7) is 1.65. The fraction of sp³-hybridized carbons (Fsp3) is 0.286. The highest BCUT2D eigenvalue weighted by atomic mass is 35.5. The van der Waals surface area contributed by atoms with E-state index in [1.807, 2.05) is 6.92 Å². The highest BCUT2D eigenvalue weighted by Gasteiger charge is 2.03. The quantitative estimate of drug-likeness (QED) is 0.625. The van der Waals surface area contributed by atoms with Crippen LogP contribution in [0, 0.1) is 6.92 Å². The Morgan fingerprint density at radius 1 is 1.73 bits per heavy atom. The molecule has 0 amide bonds. The van der Waals surface area contributed by atoms with Crippen molar-refractivity contribution in [2.45, 2.75) is 13.5 Å². The van der Waals surface area contributed by atoms with Gasteiger partial charge in [0.05, 0.1) is 18.0 Å². The summed E-state index contributed by atoms with van der Waals surface area (Å²) in [5.74, 6) is 0. The Morgan fingerprint density at radius 3 is 2.91 bits per heavy atom. The smallest absolute Gasteiger partial charge is 0.129 e. The molecule has 0 bridgehead atoms. The van der Waals surface area contributed by atoms with Gasteiger partial charge in [-0.25, -0.2) is 4.98 Å². The maximum absolute atomic E-state index is 8.77. The third-order valence-electron chi connectivity index (χ3n) is 1.46. The first-order chi connectivity index (χ1) is 5.15. The maximum atomic E-state index is 8.77. The number of pyridine rings is 1. The average molecular weight is 173 g/mol. The highest BCUT2D eigenvalue weighted by Crippen LogP contribution is 2.18. The van der Waals surface area contributed by atoms with Gasteiger partial charge < -0.3 is 10.8 Å². The Labute approximate surface area is 69.8 Å². The van der Waals surface area contributed by atoms with E-state index in [0.29, 0.717) is 16.5 Å². The number of anilines is 1. The number of nitrogens with zero attached hydrogens (tertiary/aromatic N) is 1. The van der Waals surface area contributed by atoms with E-state index in [9.17, 15) is 0 Å². The van der Waals surface area contributed by atoms with Gasteiger partial charge in [0, 0.05) is 0 Å². The Kier molecular flexibility index (Phi) is 2.31. The van der Waals surface area contributed by atoms with Gasteiger partial charge in [0.15, 0.2) is 0 Å². The van der Waals surface area contributed by atoms with Gasteiger partial charge in [-0.3, -0.25) is 0 Å². The van der Waals surface area contributed by atoms with Gasteiger partial charge in [-0.15, -0.1) is 0 Å². The van der Waals surface area contributed by atoms with Gasteiger partial charge in [0.1, 0.15) is 5.15 Å². The van der Waals surface area contributed by atoms with E-state index >= 15 is 0 Å². The van der Waals surface area contributed by atoms with Crippen LogP contribution in [0.3, 0.4) is 0 Å². The zero-order valence-electron chi connectivity index (χ0n) is 6.13. The maximum Gasteiger partial charge on any atom is 0.129 e. The minimum Gasteiger partial charge on any atom is -0.397 e. The number of rotatable bonds is 1. The Morgan fingerprint density at radius 2 is 2.36 bits per heavy atom. The average Bonchev–Trinajstić information content (AvgIpc) is 1.96. The number of aromatic nitrogens is 1. The lowest BCUT2D eigenvalue weighted by molar-refractivity contribution is 0.277. The number of aryl methyl sites for hydroxylation is 1. The zero-order chi connectivity index (χ0) is 8.43. The lowest BCUT2D eigenvalue weighted by atomic mass is 10.2. The molecule has 1 aromatic heterocycles. The lowest BCUT2D eigenvalue weighted by Gasteiger charge is -2.04. The van der Waals surface area contributed by atoms with Crippen molar-refractivity contribution >= 4 is 17.3 Å². The molecule has 0 aliphatic heterocycles. The van der Waals surface area contributed by atoms with E-state index in [0.717, 1.165) is 5.56 Å². The van der Waals surface area contributed by atoms with Crippen LogP contribution in [0.15, 0.2) is 6.07 Å². The van der Waals surface area contributed by atoms with Crippen LogP contribution in [0.1, 0.15) is 11.3 Å². The molecule has 0 aliphatic rings. The van der Waals surface area contributed by atoms with Crippen LogP contribution in [0.4, 0.5) is 5.69 Å². The number of hydrogen-bond acceptors (Lipinski definition) is 3. The summed E-state index contributed by atoms with van der Waals surface area (Å²) >= 11 is 5.62. The van der Waals surface area contributed by atoms with Crippen molar-refractivity contribution in [1.82, 2.24) is 4.98 Å². The third-order valence-corrected chi connectivity index (χ3v) is 1.66. The van der Waals surface area contributed by atoms with E-state index in [1.165, 1.54) is 0 Å². The minimum absolute atomic E-state index is 0.173. The van der Waals surface area contributed by atoms with Gasteiger partial charge in [0.25, 0.3) is 0 Å². The molecule has 0 aromatic carbocycles. The standard InChI is InChI=1S/C7H9ClN2O/c1-4-2-6(8)10-5(3-11)7(4)9/h2,11H,3,9H2,1H3. The van der Waals surface area contributed by atoms with Crippen LogP contribution in [-0.2, 0) is 6.61 Å². The summed E-state index contributed by atoms with van der Waals surface area (Å²) in [5, 5.41) is 9.13. The number of aliphatic hydroxyl groups excluding tert-OH is 1. The van der Waals surface area contributed by atoms with Gasteiger partial charge >= 0.3 is 0 Å². The second kappa shape index (κ2) is 3.07. The molecule has 11 heavy (non-hydrogen) atoms. The van der Waals surface area contributed by atoms with Crippen molar-refractivity contribution in [2.24, 2.45) is 0 Å². The molecule has 0 fully saturated rings. The van der Waals surface area contributed by atoms with Crippen molar-refractivity contribution in [1.29, 1.82) is 0 Å². The number of aliphatic hydroxyl groups is 1. The summed E-state index contributed by atoms with van der Waals surface area (Å²) in [7, 11) is 0. The van der Waals surface area contributed by atoms with Crippen molar-refractivity contribution in [3.63, 3.8) is 0 Å². The van der Waals surface area contributed by atoms with Crippen LogP contribution in [-0.4, -0.2) is 10.1 Å². The van der Waals surface area contributed by atoms with Gasteiger partial charge in [-0.05, 0) is 18.6 Å². The predicted octanol–water partition coefficient (Wildman–Crippen LogP) is 1.12. The fourth-order valence-corrected chi connectivity index (χ4v) is 1.09. The first kappa shape index (κ1) is 8.30.